The van der Waals surface area contributed by atoms with Crippen LogP contribution in [0.3, 0.4) is 0 Å². The summed E-state index contributed by atoms with van der Waals surface area (Å²) in [4.78, 5) is 33.2. The van der Waals surface area contributed by atoms with Crippen LogP contribution >= 0.6 is 0 Å². The third kappa shape index (κ3) is 3.89. The molecule has 0 aliphatic rings. The third-order valence-electron chi connectivity index (χ3n) is 5.39. The Morgan fingerprint density at radius 3 is 2.52 bits per heavy atom. The topological polar surface area (TPSA) is 68.3 Å². The van der Waals surface area contributed by atoms with E-state index in [1.54, 1.807) is 27.7 Å². The molecule has 31 heavy (non-hydrogen) atoms. The molecule has 0 radical (unpaired) electrons. The summed E-state index contributed by atoms with van der Waals surface area (Å²) < 4.78 is 6.97. The number of carbonyl (C=O) groups excluding carboxylic acids is 1. The summed E-state index contributed by atoms with van der Waals surface area (Å²) in [5.74, 6) is 0.559. The Kier molecular flexibility index (Phi) is 5.71. The first-order valence-electron chi connectivity index (χ1n) is 10.4. The second-order valence-corrected chi connectivity index (χ2v) is 7.62. The highest BCUT2D eigenvalue weighted by Crippen LogP contribution is 2.25. The molecule has 0 saturated carbocycles. The summed E-state index contributed by atoms with van der Waals surface area (Å²) in [5.41, 5.74) is 2.27. The van der Waals surface area contributed by atoms with Gasteiger partial charge in [-0.15, -0.1) is 0 Å². The van der Waals surface area contributed by atoms with E-state index in [1.165, 1.54) is 6.26 Å². The molecule has 4 rings (SSSR count). The number of nitrogens with zero attached hydrogens (tertiary/aromatic N) is 3. The van der Waals surface area contributed by atoms with Crippen LogP contribution in [0.1, 0.15) is 48.3 Å². The average molecular weight is 415 g/mol. The van der Waals surface area contributed by atoms with Gasteiger partial charge in [-0.2, -0.15) is 0 Å². The van der Waals surface area contributed by atoms with Gasteiger partial charge in [-0.05, 0) is 56.7 Å². The number of fused-ring (bicyclic) bond motifs is 1. The maximum atomic E-state index is 13.5. The lowest BCUT2D eigenvalue weighted by Crippen LogP contribution is -2.37. The number of furan rings is 1. The molecule has 0 aliphatic heterocycles. The van der Waals surface area contributed by atoms with Gasteiger partial charge >= 0.3 is 0 Å². The van der Waals surface area contributed by atoms with E-state index in [0.29, 0.717) is 23.3 Å². The Morgan fingerprint density at radius 1 is 1.10 bits per heavy atom. The molecule has 1 unspecified atom stereocenters. The van der Waals surface area contributed by atoms with E-state index in [0.717, 1.165) is 17.7 Å². The first-order valence-corrected chi connectivity index (χ1v) is 10.4. The van der Waals surface area contributed by atoms with Crippen LogP contribution < -0.4 is 5.56 Å². The number of hydrogen-bond donors (Lipinski definition) is 0. The second kappa shape index (κ2) is 8.60. The van der Waals surface area contributed by atoms with Crippen LogP contribution in [-0.2, 0) is 0 Å². The van der Waals surface area contributed by atoms with Crippen molar-refractivity contribution in [3.05, 3.63) is 94.4 Å². The highest BCUT2D eigenvalue weighted by atomic mass is 16.3. The molecule has 6 heteroatoms. The van der Waals surface area contributed by atoms with Crippen molar-refractivity contribution in [3.63, 3.8) is 0 Å². The Bertz CT molecular complexity index is 1260. The normalized spacial score (nSPS) is 12.1. The molecule has 0 fully saturated rings. The van der Waals surface area contributed by atoms with Gasteiger partial charge in [0.1, 0.15) is 5.82 Å². The lowest BCUT2D eigenvalue weighted by Gasteiger charge is -2.29. The first kappa shape index (κ1) is 20.6. The number of hydrogen-bond acceptors (Lipinski definition) is 4. The summed E-state index contributed by atoms with van der Waals surface area (Å²) in [5, 5.41) is 0.540. The fourth-order valence-electron chi connectivity index (χ4n) is 3.77. The van der Waals surface area contributed by atoms with Crippen LogP contribution in [0.15, 0.2) is 76.1 Å². The van der Waals surface area contributed by atoms with Crippen LogP contribution in [0.4, 0.5) is 0 Å². The van der Waals surface area contributed by atoms with Gasteiger partial charge in [0.2, 0.25) is 0 Å². The van der Waals surface area contributed by atoms with E-state index in [9.17, 15) is 9.59 Å². The molecular weight excluding hydrogens is 390 g/mol. The average Bonchev–Trinajstić information content (AvgIpc) is 3.32. The number of rotatable bonds is 6. The lowest BCUT2D eigenvalue weighted by molar-refractivity contribution is 0.0648. The molecule has 0 saturated heterocycles. The van der Waals surface area contributed by atoms with Gasteiger partial charge in [0.25, 0.3) is 11.5 Å². The van der Waals surface area contributed by atoms with Crippen LogP contribution in [0, 0.1) is 6.92 Å². The van der Waals surface area contributed by atoms with Gasteiger partial charge in [-0.3, -0.25) is 14.2 Å². The quantitative estimate of drug-likeness (QED) is 0.449. The van der Waals surface area contributed by atoms with Crippen molar-refractivity contribution < 1.29 is 9.21 Å². The van der Waals surface area contributed by atoms with Crippen molar-refractivity contribution in [2.75, 3.05) is 6.54 Å². The van der Waals surface area contributed by atoms with Gasteiger partial charge in [-0.1, -0.05) is 36.8 Å². The maximum absolute atomic E-state index is 13.5. The standard InChI is InChI=1S/C25H25N3O3/c1-4-15-27(25(30)22-10-7-16-31-22)18(3)23-26-21-9-6-5-8-20(21)24(29)28(23)19-13-11-17(2)12-14-19/h5-14,16,18H,4,15H2,1-3H3. The van der Waals surface area contributed by atoms with E-state index < -0.39 is 6.04 Å². The van der Waals surface area contributed by atoms with Crippen LogP contribution in [0.2, 0.25) is 0 Å². The van der Waals surface area contributed by atoms with Crippen molar-refractivity contribution in [1.82, 2.24) is 14.5 Å². The van der Waals surface area contributed by atoms with E-state index in [4.69, 9.17) is 9.40 Å². The molecule has 4 aromatic rings. The maximum Gasteiger partial charge on any atom is 0.290 e. The minimum absolute atomic E-state index is 0.154. The zero-order valence-corrected chi connectivity index (χ0v) is 17.9. The minimum Gasteiger partial charge on any atom is -0.459 e. The molecule has 0 spiro atoms. The fraction of sp³-hybridized carbons (Fsp3) is 0.240. The van der Waals surface area contributed by atoms with E-state index in [2.05, 4.69) is 0 Å². The number of benzene rings is 2. The zero-order chi connectivity index (χ0) is 22.0. The third-order valence-corrected chi connectivity index (χ3v) is 5.39. The Labute approximate surface area is 180 Å². The highest BCUT2D eigenvalue weighted by Gasteiger charge is 2.28. The van der Waals surface area contributed by atoms with E-state index in [1.807, 2.05) is 63.2 Å². The van der Waals surface area contributed by atoms with Gasteiger partial charge in [0.05, 0.1) is 28.9 Å². The molecule has 6 nitrogen and oxygen atoms in total. The Hall–Kier alpha value is -3.67. The van der Waals surface area contributed by atoms with Crippen molar-refractivity contribution >= 4 is 16.8 Å². The molecule has 0 N–H and O–H groups in total. The monoisotopic (exact) mass is 415 g/mol. The lowest BCUT2D eigenvalue weighted by atomic mass is 10.1. The van der Waals surface area contributed by atoms with Crippen LogP contribution in [-0.4, -0.2) is 26.9 Å². The second-order valence-electron chi connectivity index (χ2n) is 7.62. The number of aromatic nitrogens is 2. The van der Waals surface area contributed by atoms with Crippen molar-refractivity contribution in [3.8, 4) is 5.69 Å². The molecule has 2 heterocycles. The van der Waals surface area contributed by atoms with Crippen LogP contribution in [0.25, 0.3) is 16.6 Å². The van der Waals surface area contributed by atoms with Crippen molar-refractivity contribution in [2.24, 2.45) is 0 Å². The molecule has 0 aliphatic carbocycles. The number of aryl methyl sites for hydroxylation is 1. The summed E-state index contributed by atoms with van der Waals surface area (Å²) in [7, 11) is 0. The predicted molar refractivity (Wildman–Crippen MR) is 121 cm³/mol. The zero-order valence-electron chi connectivity index (χ0n) is 17.9. The summed E-state index contributed by atoms with van der Waals surface area (Å²) >= 11 is 0. The number of para-hydroxylation sites is 1. The molecule has 1 atom stereocenters. The first-order chi connectivity index (χ1) is 15.0. The summed E-state index contributed by atoms with van der Waals surface area (Å²) in [6.07, 6.45) is 2.25. The Morgan fingerprint density at radius 2 is 1.84 bits per heavy atom. The van der Waals surface area contributed by atoms with Crippen molar-refractivity contribution in [2.45, 2.75) is 33.2 Å². The molecule has 158 valence electrons. The predicted octanol–water partition coefficient (Wildman–Crippen LogP) is 4.90. The van der Waals surface area contributed by atoms with E-state index in [-0.39, 0.29) is 17.2 Å². The molecule has 0 bridgehead atoms. The van der Waals surface area contributed by atoms with Crippen molar-refractivity contribution in [1.29, 1.82) is 0 Å². The van der Waals surface area contributed by atoms with Crippen LogP contribution in [0.5, 0.6) is 0 Å². The summed E-state index contributed by atoms with van der Waals surface area (Å²) in [6.45, 7) is 6.42. The van der Waals surface area contributed by atoms with Gasteiger partial charge in [0, 0.05) is 6.54 Å². The smallest absolute Gasteiger partial charge is 0.290 e. The van der Waals surface area contributed by atoms with Gasteiger partial charge in [0.15, 0.2) is 5.76 Å². The number of amides is 1. The van der Waals surface area contributed by atoms with E-state index >= 15 is 0 Å². The molecule has 1 amide bonds. The van der Waals surface area contributed by atoms with Gasteiger partial charge in [-0.25, -0.2) is 4.98 Å². The fourth-order valence-corrected chi connectivity index (χ4v) is 3.77. The highest BCUT2D eigenvalue weighted by molar-refractivity contribution is 5.91. The molecule has 2 aromatic heterocycles. The minimum atomic E-state index is -0.448. The molecule has 2 aromatic carbocycles. The molecular formula is C25H25N3O3. The summed E-state index contributed by atoms with van der Waals surface area (Å²) in [6, 6.07) is 17.9. The van der Waals surface area contributed by atoms with Gasteiger partial charge < -0.3 is 9.32 Å². The number of carbonyl (C=O) groups is 1. The Balaban J connectivity index is 1.92. The SMILES string of the molecule is CCCN(C(=O)c1ccco1)C(C)c1nc2ccccc2c(=O)n1-c1ccc(C)cc1. The largest absolute Gasteiger partial charge is 0.459 e.